The first-order valence-corrected chi connectivity index (χ1v) is 6.13. The van der Waals surface area contributed by atoms with E-state index >= 15 is 0 Å². The lowest BCUT2D eigenvalue weighted by Gasteiger charge is -2.07. The van der Waals surface area contributed by atoms with E-state index in [1.165, 1.54) is 0 Å². The van der Waals surface area contributed by atoms with Crippen LogP contribution in [0.25, 0.3) is 0 Å². The van der Waals surface area contributed by atoms with Crippen LogP contribution in [0.4, 0.5) is 11.4 Å². The number of anilines is 2. The Balaban J connectivity index is 2.22. The van der Waals surface area contributed by atoms with Crippen molar-refractivity contribution in [3.05, 3.63) is 48.5 Å². The summed E-state index contributed by atoms with van der Waals surface area (Å²) in [4.78, 5) is 1.61. The first-order chi connectivity index (χ1) is 7.86. The van der Waals surface area contributed by atoms with Crippen LogP contribution in [0.1, 0.15) is 0 Å². The summed E-state index contributed by atoms with van der Waals surface area (Å²) in [5, 5.41) is 0. The molecular weight excluding hydrogens is 220 g/mol. The Morgan fingerprint density at radius 2 is 1.19 bits per heavy atom. The lowest BCUT2D eigenvalue weighted by Crippen LogP contribution is -2.07. The van der Waals surface area contributed by atoms with Crippen molar-refractivity contribution < 1.29 is 4.21 Å². The number of nitrogens with one attached hydrogen (secondary N) is 2. The maximum absolute atomic E-state index is 12.4. The van der Waals surface area contributed by atoms with E-state index in [2.05, 4.69) is 10.9 Å². The van der Waals surface area contributed by atoms with Gasteiger partial charge in [-0.15, -0.1) is 0 Å². The highest BCUT2D eigenvalue weighted by Gasteiger charge is 2.18. The quantitative estimate of drug-likeness (QED) is 0.731. The van der Waals surface area contributed by atoms with Gasteiger partial charge in [-0.2, -0.15) is 0 Å². The first kappa shape index (κ1) is 9.42. The van der Waals surface area contributed by atoms with Crippen molar-refractivity contribution in [3.8, 4) is 0 Å². The lowest BCUT2D eigenvalue weighted by molar-refractivity contribution is 0.684. The lowest BCUT2D eigenvalue weighted by atomic mass is 10.3. The van der Waals surface area contributed by atoms with Gasteiger partial charge >= 0.3 is 0 Å². The molecule has 16 heavy (non-hydrogen) atoms. The fourth-order valence-electron chi connectivity index (χ4n) is 1.72. The molecule has 0 saturated carbocycles. The van der Waals surface area contributed by atoms with Gasteiger partial charge in [0.2, 0.25) is 0 Å². The molecule has 0 amide bonds. The van der Waals surface area contributed by atoms with Crippen LogP contribution in [-0.4, -0.2) is 4.21 Å². The smallest absolute Gasteiger partial charge is 0.0893 e. The molecule has 0 bridgehead atoms. The minimum absolute atomic E-state index is 0.806. The number of para-hydroxylation sites is 2. The fraction of sp³-hybridized carbons (Fsp3) is 0. The van der Waals surface area contributed by atoms with E-state index < -0.39 is 10.8 Å². The van der Waals surface area contributed by atoms with Gasteiger partial charge in [-0.25, -0.2) is 4.21 Å². The molecule has 4 heteroatoms. The molecule has 0 fully saturated rings. The Labute approximate surface area is 95.9 Å². The molecular formula is C12H10N2OS. The molecule has 3 nitrogen and oxygen atoms in total. The van der Waals surface area contributed by atoms with Crippen molar-refractivity contribution in [1.82, 2.24) is 0 Å². The highest BCUT2D eigenvalue weighted by atomic mass is 32.2. The molecule has 0 spiro atoms. The zero-order chi connectivity index (χ0) is 11.0. The van der Waals surface area contributed by atoms with Crippen molar-refractivity contribution in [2.24, 2.45) is 0 Å². The van der Waals surface area contributed by atoms with Crippen molar-refractivity contribution in [2.75, 3.05) is 10.9 Å². The minimum atomic E-state index is -1.13. The molecule has 2 aromatic carbocycles. The third-order valence-corrected chi connectivity index (χ3v) is 4.02. The first-order valence-electron chi connectivity index (χ1n) is 4.98. The molecule has 80 valence electrons. The van der Waals surface area contributed by atoms with E-state index in [1.54, 1.807) is 0 Å². The Bertz CT molecular complexity index is 519. The third kappa shape index (κ3) is 1.39. The van der Waals surface area contributed by atoms with E-state index in [0.29, 0.717) is 0 Å². The molecule has 0 aliphatic carbocycles. The molecule has 0 aromatic heterocycles. The monoisotopic (exact) mass is 230 g/mol. The zero-order valence-corrected chi connectivity index (χ0v) is 9.25. The van der Waals surface area contributed by atoms with Gasteiger partial charge in [-0.3, -0.25) is 10.9 Å². The Morgan fingerprint density at radius 3 is 1.69 bits per heavy atom. The van der Waals surface area contributed by atoms with Crippen LogP contribution in [0, 0.1) is 0 Å². The zero-order valence-electron chi connectivity index (χ0n) is 8.44. The molecule has 0 saturated heterocycles. The van der Waals surface area contributed by atoms with Gasteiger partial charge in [0.1, 0.15) is 0 Å². The summed E-state index contributed by atoms with van der Waals surface area (Å²) in [6.45, 7) is 0. The van der Waals surface area contributed by atoms with Crippen LogP contribution in [0.2, 0.25) is 0 Å². The average Bonchev–Trinajstić information content (AvgIpc) is 2.49. The van der Waals surface area contributed by atoms with Gasteiger partial charge in [-0.1, -0.05) is 24.3 Å². The Hall–Kier alpha value is -1.81. The van der Waals surface area contributed by atoms with Gasteiger partial charge in [0.15, 0.2) is 0 Å². The highest BCUT2D eigenvalue weighted by Crippen LogP contribution is 2.31. The maximum atomic E-state index is 12.4. The summed E-state index contributed by atoms with van der Waals surface area (Å²) in [6, 6.07) is 15.2. The molecule has 1 aliphatic rings. The number of fused-ring (bicyclic) bond motifs is 2. The fourth-order valence-corrected chi connectivity index (χ4v) is 3.00. The molecule has 1 heterocycles. The van der Waals surface area contributed by atoms with Crippen LogP contribution in [0.3, 0.4) is 0 Å². The van der Waals surface area contributed by atoms with Crippen LogP contribution >= 0.6 is 0 Å². The second-order valence-electron chi connectivity index (χ2n) is 3.51. The SMILES string of the molecule is O=S1c2ccccc2NNc2ccccc21. The van der Waals surface area contributed by atoms with Crippen LogP contribution in [-0.2, 0) is 10.8 Å². The van der Waals surface area contributed by atoms with E-state index in [9.17, 15) is 4.21 Å². The van der Waals surface area contributed by atoms with Crippen LogP contribution in [0.5, 0.6) is 0 Å². The topological polar surface area (TPSA) is 41.1 Å². The van der Waals surface area contributed by atoms with Crippen LogP contribution in [0.15, 0.2) is 58.3 Å². The Kier molecular flexibility index (Phi) is 2.15. The molecule has 2 aromatic rings. The average molecular weight is 230 g/mol. The normalized spacial score (nSPS) is 14.0. The number of hydrazine groups is 1. The van der Waals surface area contributed by atoms with Crippen molar-refractivity contribution in [2.45, 2.75) is 9.79 Å². The summed E-state index contributed by atoms with van der Waals surface area (Å²) in [6.07, 6.45) is 0. The third-order valence-electron chi connectivity index (χ3n) is 2.51. The van der Waals surface area contributed by atoms with Gasteiger partial charge < -0.3 is 0 Å². The van der Waals surface area contributed by atoms with E-state index in [0.717, 1.165) is 21.2 Å². The summed E-state index contributed by atoms with van der Waals surface area (Å²) in [5.41, 5.74) is 7.85. The van der Waals surface area contributed by atoms with E-state index in [-0.39, 0.29) is 0 Å². The standard InChI is InChI=1S/C12H10N2OS/c15-16-11-7-3-1-5-9(11)13-14-10-6-2-4-8-12(10)16/h1-8,13-14H. The molecule has 3 rings (SSSR count). The number of hydrogen-bond acceptors (Lipinski definition) is 3. The summed E-state index contributed by atoms with van der Waals surface area (Å²) < 4.78 is 12.4. The molecule has 1 aliphatic heterocycles. The minimum Gasteiger partial charge on any atom is -0.300 e. The van der Waals surface area contributed by atoms with E-state index in [1.807, 2.05) is 48.5 Å². The van der Waals surface area contributed by atoms with Gasteiger partial charge in [0, 0.05) is 0 Å². The number of rotatable bonds is 0. The second-order valence-corrected chi connectivity index (χ2v) is 4.93. The highest BCUT2D eigenvalue weighted by molar-refractivity contribution is 7.85. The summed E-state index contributed by atoms with van der Waals surface area (Å²) in [5.74, 6) is 0. The summed E-state index contributed by atoms with van der Waals surface area (Å²) in [7, 11) is -1.13. The number of benzene rings is 2. The molecule has 2 N–H and O–H groups in total. The van der Waals surface area contributed by atoms with E-state index in [4.69, 9.17) is 0 Å². The van der Waals surface area contributed by atoms with Gasteiger partial charge in [0.25, 0.3) is 0 Å². The van der Waals surface area contributed by atoms with Crippen molar-refractivity contribution >= 4 is 22.2 Å². The largest absolute Gasteiger partial charge is 0.300 e. The number of hydrogen-bond donors (Lipinski definition) is 2. The second kappa shape index (κ2) is 3.64. The molecule has 0 radical (unpaired) electrons. The summed E-state index contributed by atoms with van der Waals surface area (Å²) >= 11 is 0. The van der Waals surface area contributed by atoms with Gasteiger partial charge in [-0.05, 0) is 24.3 Å². The predicted molar refractivity (Wildman–Crippen MR) is 64.8 cm³/mol. The maximum Gasteiger partial charge on any atom is 0.0893 e. The Morgan fingerprint density at radius 1 is 0.750 bits per heavy atom. The van der Waals surface area contributed by atoms with Crippen LogP contribution < -0.4 is 10.9 Å². The van der Waals surface area contributed by atoms with Crippen molar-refractivity contribution in [1.29, 1.82) is 0 Å². The molecule has 0 unspecified atom stereocenters. The van der Waals surface area contributed by atoms with Crippen molar-refractivity contribution in [3.63, 3.8) is 0 Å². The predicted octanol–water partition coefficient (Wildman–Crippen LogP) is 2.61. The van der Waals surface area contributed by atoms with Gasteiger partial charge in [0.05, 0.1) is 32.0 Å². The molecule has 0 atom stereocenters.